The molecular formula is C23H22F6. The molecular weight excluding hydrogens is 390 g/mol. The molecule has 0 aliphatic heterocycles. The summed E-state index contributed by atoms with van der Waals surface area (Å²) in [5, 5.41) is 0. The smallest absolute Gasteiger partial charge is 0.206 e. The van der Waals surface area contributed by atoms with E-state index in [1.807, 2.05) is 0 Å². The molecule has 29 heavy (non-hydrogen) atoms. The van der Waals surface area contributed by atoms with Gasteiger partial charge in [-0.15, -0.1) is 0 Å². The lowest BCUT2D eigenvalue weighted by atomic mass is 9.77. The van der Waals surface area contributed by atoms with E-state index < -0.39 is 29.2 Å². The maximum absolute atomic E-state index is 14.7. The molecule has 156 valence electrons. The minimum absolute atomic E-state index is 0.0140. The Bertz CT molecular complexity index is 866. The normalized spacial score (nSPS) is 20.4. The Morgan fingerprint density at radius 3 is 2.03 bits per heavy atom. The van der Waals surface area contributed by atoms with Crippen molar-refractivity contribution in [2.45, 2.75) is 51.1 Å². The predicted octanol–water partition coefficient (Wildman–Crippen LogP) is 8.03. The SMILES string of the molecule is CCC1CCC(c2ccc(-c3cc(F)c(/C=C/C(F)(F)F)c(F)c3)c(F)c2)CC1. The van der Waals surface area contributed by atoms with Crippen LogP contribution in [0.15, 0.2) is 36.4 Å². The van der Waals surface area contributed by atoms with Gasteiger partial charge in [0.2, 0.25) is 0 Å². The molecule has 1 aliphatic carbocycles. The second-order valence-electron chi connectivity index (χ2n) is 7.59. The van der Waals surface area contributed by atoms with E-state index in [0.717, 1.165) is 49.8 Å². The minimum Gasteiger partial charge on any atom is -0.206 e. The molecule has 2 aromatic carbocycles. The lowest BCUT2D eigenvalue weighted by molar-refractivity contribution is -0.0790. The predicted molar refractivity (Wildman–Crippen MR) is 102 cm³/mol. The quantitative estimate of drug-likeness (QED) is 0.446. The van der Waals surface area contributed by atoms with Crippen LogP contribution in [-0.4, -0.2) is 6.18 Å². The first-order valence-corrected chi connectivity index (χ1v) is 9.72. The van der Waals surface area contributed by atoms with E-state index in [1.54, 1.807) is 6.07 Å². The molecule has 0 aromatic heterocycles. The zero-order valence-electron chi connectivity index (χ0n) is 16.0. The molecule has 2 aromatic rings. The number of allylic oxidation sites excluding steroid dienone is 1. The first kappa shape index (κ1) is 21.5. The van der Waals surface area contributed by atoms with Gasteiger partial charge in [-0.2, -0.15) is 13.2 Å². The van der Waals surface area contributed by atoms with Gasteiger partial charge in [0.1, 0.15) is 17.5 Å². The van der Waals surface area contributed by atoms with Crippen molar-refractivity contribution in [3.63, 3.8) is 0 Å². The van der Waals surface area contributed by atoms with Crippen LogP contribution >= 0.6 is 0 Å². The molecule has 0 bridgehead atoms. The molecule has 1 saturated carbocycles. The highest BCUT2D eigenvalue weighted by molar-refractivity contribution is 5.67. The Morgan fingerprint density at radius 2 is 1.52 bits per heavy atom. The number of rotatable bonds is 4. The molecule has 0 nitrogen and oxygen atoms in total. The Labute approximate surface area is 166 Å². The van der Waals surface area contributed by atoms with Gasteiger partial charge in [-0.1, -0.05) is 25.5 Å². The van der Waals surface area contributed by atoms with Crippen molar-refractivity contribution in [2.24, 2.45) is 5.92 Å². The van der Waals surface area contributed by atoms with E-state index in [4.69, 9.17) is 0 Å². The molecule has 0 N–H and O–H groups in total. The highest BCUT2D eigenvalue weighted by atomic mass is 19.4. The van der Waals surface area contributed by atoms with E-state index in [1.165, 1.54) is 12.1 Å². The molecule has 0 amide bonds. The molecule has 0 heterocycles. The fourth-order valence-corrected chi connectivity index (χ4v) is 4.00. The summed E-state index contributed by atoms with van der Waals surface area (Å²) in [4.78, 5) is 0. The van der Waals surface area contributed by atoms with Crippen LogP contribution in [0, 0.1) is 23.4 Å². The Morgan fingerprint density at radius 1 is 0.897 bits per heavy atom. The van der Waals surface area contributed by atoms with Gasteiger partial charge >= 0.3 is 6.18 Å². The molecule has 6 heteroatoms. The average Bonchev–Trinajstić information content (AvgIpc) is 2.66. The van der Waals surface area contributed by atoms with Gasteiger partial charge in [0.15, 0.2) is 0 Å². The Kier molecular flexibility index (Phi) is 6.39. The first-order valence-electron chi connectivity index (χ1n) is 9.72. The van der Waals surface area contributed by atoms with Crippen molar-refractivity contribution in [3.05, 3.63) is 65.0 Å². The fraction of sp³-hybridized carbons (Fsp3) is 0.391. The largest absolute Gasteiger partial charge is 0.409 e. The van der Waals surface area contributed by atoms with Crippen LogP contribution in [0.3, 0.4) is 0 Å². The maximum Gasteiger partial charge on any atom is 0.409 e. The van der Waals surface area contributed by atoms with Crippen molar-refractivity contribution in [1.82, 2.24) is 0 Å². The van der Waals surface area contributed by atoms with E-state index in [9.17, 15) is 26.3 Å². The van der Waals surface area contributed by atoms with Gasteiger partial charge < -0.3 is 0 Å². The number of benzene rings is 2. The number of hydrogen-bond acceptors (Lipinski definition) is 0. The summed E-state index contributed by atoms with van der Waals surface area (Å²) in [6.45, 7) is 2.17. The fourth-order valence-electron chi connectivity index (χ4n) is 4.00. The van der Waals surface area contributed by atoms with Gasteiger partial charge in [0.25, 0.3) is 0 Å². The third-order valence-electron chi connectivity index (χ3n) is 5.72. The molecule has 1 aliphatic rings. The van der Waals surface area contributed by atoms with Crippen LogP contribution in [-0.2, 0) is 0 Å². The Hall–Kier alpha value is -2.24. The van der Waals surface area contributed by atoms with Gasteiger partial charge in [-0.05, 0) is 72.9 Å². The van der Waals surface area contributed by atoms with E-state index in [-0.39, 0.29) is 23.1 Å². The monoisotopic (exact) mass is 412 g/mol. The van der Waals surface area contributed by atoms with E-state index in [2.05, 4.69) is 6.92 Å². The molecule has 3 rings (SSSR count). The van der Waals surface area contributed by atoms with Crippen molar-refractivity contribution in [1.29, 1.82) is 0 Å². The summed E-state index contributed by atoms with van der Waals surface area (Å²) in [7, 11) is 0. The number of halogens is 6. The summed E-state index contributed by atoms with van der Waals surface area (Å²) in [6, 6.07) is 6.35. The molecule has 0 saturated heterocycles. The van der Waals surface area contributed by atoms with Crippen LogP contribution in [0.1, 0.15) is 56.1 Å². The van der Waals surface area contributed by atoms with Crippen LogP contribution in [0.2, 0.25) is 0 Å². The van der Waals surface area contributed by atoms with E-state index in [0.29, 0.717) is 12.0 Å². The van der Waals surface area contributed by atoms with Crippen molar-refractivity contribution in [2.75, 3.05) is 0 Å². The standard InChI is InChI=1S/C23H22F6/c1-2-14-3-5-15(6-4-14)16-7-8-18(20(24)11-16)17-12-21(25)19(22(26)13-17)9-10-23(27,28)29/h7-15H,2-6H2,1H3/b10-9+. The molecule has 0 spiro atoms. The molecule has 0 radical (unpaired) electrons. The van der Waals surface area contributed by atoms with Gasteiger partial charge in [0.05, 0.1) is 0 Å². The summed E-state index contributed by atoms with van der Waals surface area (Å²) >= 11 is 0. The maximum atomic E-state index is 14.7. The first-order chi connectivity index (χ1) is 13.7. The third kappa shape index (κ3) is 5.22. The zero-order chi connectivity index (χ0) is 21.2. The second-order valence-corrected chi connectivity index (χ2v) is 7.59. The van der Waals surface area contributed by atoms with Crippen LogP contribution < -0.4 is 0 Å². The molecule has 0 atom stereocenters. The van der Waals surface area contributed by atoms with Crippen molar-refractivity contribution >= 4 is 6.08 Å². The Balaban J connectivity index is 1.85. The summed E-state index contributed by atoms with van der Waals surface area (Å²) in [6.07, 6.45) is 0.738. The lowest BCUT2D eigenvalue weighted by Crippen LogP contribution is -2.12. The van der Waals surface area contributed by atoms with Gasteiger partial charge in [0, 0.05) is 17.2 Å². The topological polar surface area (TPSA) is 0 Å². The third-order valence-corrected chi connectivity index (χ3v) is 5.72. The zero-order valence-corrected chi connectivity index (χ0v) is 16.0. The summed E-state index contributed by atoms with van der Waals surface area (Å²) < 4.78 is 79.8. The van der Waals surface area contributed by atoms with Crippen molar-refractivity contribution < 1.29 is 26.3 Å². The van der Waals surface area contributed by atoms with Crippen LogP contribution in [0.4, 0.5) is 26.3 Å². The molecule has 0 unspecified atom stereocenters. The van der Waals surface area contributed by atoms with Crippen molar-refractivity contribution in [3.8, 4) is 11.1 Å². The second kappa shape index (κ2) is 8.64. The van der Waals surface area contributed by atoms with Gasteiger partial charge in [-0.25, -0.2) is 13.2 Å². The van der Waals surface area contributed by atoms with Crippen LogP contribution in [0.25, 0.3) is 17.2 Å². The number of alkyl halides is 3. The highest BCUT2D eigenvalue weighted by Crippen LogP contribution is 2.38. The van der Waals surface area contributed by atoms with Crippen LogP contribution in [0.5, 0.6) is 0 Å². The number of hydrogen-bond donors (Lipinski definition) is 0. The highest BCUT2D eigenvalue weighted by Gasteiger charge is 2.24. The lowest BCUT2D eigenvalue weighted by Gasteiger charge is -2.28. The van der Waals surface area contributed by atoms with E-state index >= 15 is 0 Å². The minimum atomic E-state index is -4.68. The summed E-state index contributed by atoms with van der Waals surface area (Å²) in [5.74, 6) is -1.97. The average molecular weight is 412 g/mol. The molecule has 1 fully saturated rings. The van der Waals surface area contributed by atoms with Gasteiger partial charge in [-0.3, -0.25) is 0 Å². The summed E-state index contributed by atoms with van der Waals surface area (Å²) in [5.41, 5.74) is 0.0188.